The van der Waals surface area contributed by atoms with Gasteiger partial charge in [0.15, 0.2) is 0 Å². The molecule has 0 unspecified atom stereocenters. The van der Waals surface area contributed by atoms with E-state index in [1.165, 1.54) is 6.20 Å². The van der Waals surface area contributed by atoms with Crippen molar-refractivity contribution in [1.29, 1.82) is 0 Å². The summed E-state index contributed by atoms with van der Waals surface area (Å²) in [5.41, 5.74) is 0.501. The predicted octanol–water partition coefficient (Wildman–Crippen LogP) is 3.48. The summed E-state index contributed by atoms with van der Waals surface area (Å²) in [6.45, 7) is 3.00. The van der Waals surface area contributed by atoms with E-state index in [1.54, 1.807) is 17.0 Å². The Balaban J connectivity index is 1.67. The molecule has 1 N–H and O–H groups in total. The van der Waals surface area contributed by atoms with Gasteiger partial charge >= 0.3 is 0 Å². The quantitative estimate of drug-likeness (QED) is 0.867. The van der Waals surface area contributed by atoms with E-state index in [2.05, 4.69) is 20.9 Å². The minimum Gasteiger partial charge on any atom is -0.439 e. The van der Waals surface area contributed by atoms with Gasteiger partial charge in [0.2, 0.25) is 5.88 Å². The summed E-state index contributed by atoms with van der Waals surface area (Å²) in [4.78, 5) is 18.4. The number of pyridine rings is 1. The van der Waals surface area contributed by atoms with Crippen LogP contribution in [0.5, 0.6) is 11.6 Å². The smallest absolute Gasteiger partial charge is 0.255 e. The Labute approximate surface area is 149 Å². The highest BCUT2D eigenvalue weighted by Crippen LogP contribution is 2.24. The van der Waals surface area contributed by atoms with E-state index in [9.17, 15) is 9.90 Å². The lowest BCUT2D eigenvalue weighted by Gasteiger charge is -2.15. The maximum absolute atomic E-state index is 12.5. The van der Waals surface area contributed by atoms with Gasteiger partial charge in [-0.25, -0.2) is 4.98 Å². The van der Waals surface area contributed by atoms with E-state index in [4.69, 9.17) is 4.74 Å². The Hall–Kier alpha value is -1.92. The number of β-amino-alcohol motifs (C(OH)–C–C–N with tert-alkyl or cyclic N) is 1. The van der Waals surface area contributed by atoms with Gasteiger partial charge in [-0.1, -0.05) is 28.9 Å². The number of aromatic nitrogens is 1. The average molecular weight is 391 g/mol. The predicted molar refractivity (Wildman–Crippen MR) is 94.1 cm³/mol. The highest BCUT2D eigenvalue weighted by atomic mass is 79.9. The average Bonchev–Trinajstić information content (AvgIpc) is 2.96. The number of likely N-dealkylation sites (tertiary alicyclic amines) is 1. The summed E-state index contributed by atoms with van der Waals surface area (Å²) in [6, 6.07) is 10.8. The summed E-state index contributed by atoms with van der Waals surface area (Å²) in [7, 11) is 0. The lowest BCUT2D eigenvalue weighted by atomic mass is 10.0. The van der Waals surface area contributed by atoms with E-state index >= 15 is 0 Å². The molecule has 2 heterocycles. The molecule has 126 valence electrons. The number of benzene rings is 1. The van der Waals surface area contributed by atoms with Crippen LogP contribution in [0, 0.1) is 5.92 Å². The molecule has 0 saturated carbocycles. The number of carbonyl (C=O) groups is 1. The van der Waals surface area contributed by atoms with Crippen molar-refractivity contribution in [1.82, 2.24) is 9.88 Å². The first-order chi connectivity index (χ1) is 11.6. The summed E-state index contributed by atoms with van der Waals surface area (Å²) in [5.74, 6) is 1.15. The second-order valence-electron chi connectivity index (χ2n) is 5.89. The molecule has 24 heavy (non-hydrogen) atoms. The standard InChI is InChI=1S/C18H19BrN2O3/c1-2-12-10-21(11-16(12)22)18(23)13-6-7-17(20-9-13)24-15-5-3-4-14(19)8-15/h3-9,12,16,22H,2,10-11H2,1H3/t12-,16-/m0/s1. The van der Waals surface area contributed by atoms with Crippen LogP contribution in [0.1, 0.15) is 23.7 Å². The van der Waals surface area contributed by atoms with E-state index in [0.717, 1.165) is 10.9 Å². The van der Waals surface area contributed by atoms with Crippen molar-refractivity contribution in [3.05, 3.63) is 52.6 Å². The normalized spacial score (nSPS) is 20.2. The van der Waals surface area contributed by atoms with Crippen LogP contribution in [0.15, 0.2) is 47.1 Å². The van der Waals surface area contributed by atoms with Crippen molar-refractivity contribution in [2.75, 3.05) is 13.1 Å². The Kier molecular flexibility index (Phi) is 5.16. The molecule has 1 aromatic carbocycles. The number of halogens is 1. The molecule has 3 rings (SSSR count). The number of aliphatic hydroxyl groups excluding tert-OH is 1. The third kappa shape index (κ3) is 3.76. The topological polar surface area (TPSA) is 62.7 Å². The van der Waals surface area contributed by atoms with Gasteiger partial charge in [-0.3, -0.25) is 4.79 Å². The molecule has 2 atom stereocenters. The zero-order valence-electron chi connectivity index (χ0n) is 13.4. The zero-order valence-corrected chi connectivity index (χ0v) is 14.9. The van der Waals surface area contributed by atoms with Gasteiger partial charge in [0.05, 0.1) is 11.7 Å². The minimum atomic E-state index is -0.439. The highest BCUT2D eigenvalue weighted by Gasteiger charge is 2.33. The fraction of sp³-hybridized carbons (Fsp3) is 0.333. The summed E-state index contributed by atoms with van der Waals surface area (Å²) >= 11 is 3.39. The molecule has 5 nitrogen and oxygen atoms in total. The maximum Gasteiger partial charge on any atom is 0.255 e. The van der Waals surface area contributed by atoms with Crippen LogP contribution in [-0.2, 0) is 0 Å². The van der Waals surface area contributed by atoms with Crippen molar-refractivity contribution in [3.8, 4) is 11.6 Å². The van der Waals surface area contributed by atoms with Crippen LogP contribution in [0.2, 0.25) is 0 Å². The fourth-order valence-electron chi connectivity index (χ4n) is 2.82. The Morgan fingerprint density at radius 1 is 1.38 bits per heavy atom. The molecule has 1 amide bonds. The van der Waals surface area contributed by atoms with Crippen LogP contribution < -0.4 is 4.74 Å². The van der Waals surface area contributed by atoms with Crippen LogP contribution in [0.3, 0.4) is 0 Å². The minimum absolute atomic E-state index is 0.105. The van der Waals surface area contributed by atoms with E-state index in [0.29, 0.717) is 30.3 Å². The second kappa shape index (κ2) is 7.32. The van der Waals surface area contributed by atoms with Gasteiger partial charge < -0.3 is 14.7 Å². The molecule has 2 aromatic rings. The van der Waals surface area contributed by atoms with Crippen molar-refractivity contribution >= 4 is 21.8 Å². The fourth-order valence-corrected chi connectivity index (χ4v) is 3.20. The molecule has 1 saturated heterocycles. The summed E-state index contributed by atoms with van der Waals surface area (Å²) in [5, 5.41) is 9.95. The third-order valence-electron chi connectivity index (χ3n) is 4.22. The van der Waals surface area contributed by atoms with Crippen molar-refractivity contribution in [3.63, 3.8) is 0 Å². The second-order valence-corrected chi connectivity index (χ2v) is 6.81. The Morgan fingerprint density at radius 2 is 2.21 bits per heavy atom. The number of ether oxygens (including phenoxy) is 1. The van der Waals surface area contributed by atoms with Crippen molar-refractivity contribution in [2.45, 2.75) is 19.4 Å². The third-order valence-corrected chi connectivity index (χ3v) is 4.71. The lowest BCUT2D eigenvalue weighted by Crippen LogP contribution is -2.29. The molecule has 0 radical (unpaired) electrons. The molecule has 0 spiro atoms. The summed E-state index contributed by atoms with van der Waals surface area (Å²) < 4.78 is 6.59. The molecule has 1 aliphatic rings. The largest absolute Gasteiger partial charge is 0.439 e. The Bertz CT molecular complexity index is 720. The monoisotopic (exact) mass is 390 g/mol. The molecule has 1 aliphatic heterocycles. The number of aliphatic hydroxyl groups is 1. The zero-order chi connectivity index (χ0) is 17.1. The van der Waals surface area contributed by atoms with E-state index < -0.39 is 6.10 Å². The molecule has 6 heteroatoms. The molecular weight excluding hydrogens is 372 g/mol. The van der Waals surface area contributed by atoms with Gasteiger partial charge in [0.25, 0.3) is 5.91 Å². The molecule has 0 aliphatic carbocycles. The van der Waals surface area contributed by atoms with Crippen molar-refractivity contribution in [2.24, 2.45) is 5.92 Å². The lowest BCUT2D eigenvalue weighted by molar-refractivity contribution is 0.0764. The number of hydrogen-bond donors (Lipinski definition) is 1. The molecule has 0 bridgehead atoms. The maximum atomic E-state index is 12.5. The van der Waals surface area contributed by atoms with Gasteiger partial charge in [0.1, 0.15) is 5.75 Å². The first kappa shape index (κ1) is 16.9. The summed E-state index contributed by atoms with van der Waals surface area (Å²) in [6.07, 6.45) is 1.94. The van der Waals surface area contributed by atoms with Gasteiger partial charge in [-0.2, -0.15) is 0 Å². The van der Waals surface area contributed by atoms with Crippen LogP contribution in [-0.4, -0.2) is 40.1 Å². The first-order valence-electron chi connectivity index (χ1n) is 7.93. The highest BCUT2D eigenvalue weighted by molar-refractivity contribution is 9.10. The number of nitrogens with zero attached hydrogens (tertiary/aromatic N) is 2. The van der Waals surface area contributed by atoms with E-state index in [1.807, 2.05) is 31.2 Å². The van der Waals surface area contributed by atoms with Crippen LogP contribution in [0.4, 0.5) is 0 Å². The number of amides is 1. The number of hydrogen-bond acceptors (Lipinski definition) is 4. The molecule has 1 fully saturated rings. The number of rotatable bonds is 4. The first-order valence-corrected chi connectivity index (χ1v) is 8.73. The van der Waals surface area contributed by atoms with Gasteiger partial charge in [0, 0.05) is 35.7 Å². The van der Waals surface area contributed by atoms with Gasteiger partial charge in [-0.15, -0.1) is 0 Å². The van der Waals surface area contributed by atoms with Gasteiger partial charge in [-0.05, 0) is 30.7 Å². The van der Waals surface area contributed by atoms with Crippen molar-refractivity contribution < 1.29 is 14.6 Å². The molecular formula is C18H19BrN2O3. The molecule has 1 aromatic heterocycles. The Morgan fingerprint density at radius 3 is 2.83 bits per heavy atom. The van der Waals surface area contributed by atoms with E-state index in [-0.39, 0.29) is 11.8 Å². The SMILES string of the molecule is CC[C@H]1CN(C(=O)c2ccc(Oc3cccc(Br)c3)nc2)C[C@@H]1O. The van der Waals surface area contributed by atoms with Crippen LogP contribution in [0.25, 0.3) is 0 Å². The number of carbonyl (C=O) groups excluding carboxylic acids is 1. The van der Waals surface area contributed by atoms with Crippen LogP contribution >= 0.6 is 15.9 Å².